The summed E-state index contributed by atoms with van der Waals surface area (Å²) in [6.45, 7) is 6.02. The van der Waals surface area contributed by atoms with Crippen LogP contribution in [0.5, 0.6) is 0 Å². The first-order valence-corrected chi connectivity index (χ1v) is 8.06. The summed E-state index contributed by atoms with van der Waals surface area (Å²) in [6.07, 6.45) is 0.462. The topological polar surface area (TPSA) is 55.8 Å². The molecule has 2 fully saturated rings. The van der Waals surface area contributed by atoms with Gasteiger partial charge in [0.25, 0.3) is 0 Å². The molecule has 0 saturated carbocycles. The molecule has 2 saturated heterocycles. The Kier molecular flexibility index (Phi) is 4.15. The third-order valence-corrected chi connectivity index (χ3v) is 4.17. The zero-order chi connectivity index (χ0) is 16.6. The monoisotopic (exact) mass is 317 g/mol. The summed E-state index contributed by atoms with van der Waals surface area (Å²) in [5.41, 5.74) is 0.450. The first kappa shape index (κ1) is 16.0. The Balaban J connectivity index is 1.68. The van der Waals surface area contributed by atoms with Gasteiger partial charge in [0.15, 0.2) is 6.23 Å². The maximum Gasteiger partial charge on any atom is 0.307 e. The van der Waals surface area contributed by atoms with Gasteiger partial charge in [-0.25, -0.2) is 0 Å². The molecule has 0 bridgehead atoms. The van der Waals surface area contributed by atoms with Crippen LogP contribution in [-0.4, -0.2) is 35.0 Å². The number of ether oxygens (including phenoxy) is 2. The van der Waals surface area contributed by atoms with Crippen LogP contribution in [-0.2, 0) is 19.1 Å². The predicted octanol–water partition coefficient (Wildman–Crippen LogP) is 2.66. The summed E-state index contributed by atoms with van der Waals surface area (Å²) in [6, 6.07) is 9.78. The van der Waals surface area contributed by atoms with Crippen molar-refractivity contribution in [3.05, 3.63) is 35.9 Å². The molecule has 3 atom stereocenters. The maximum absolute atomic E-state index is 12.7. The fraction of sp³-hybridized carbons (Fsp3) is 0.556. The van der Waals surface area contributed by atoms with Crippen molar-refractivity contribution in [3.8, 4) is 0 Å². The third kappa shape index (κ3) is 3.39. The standard InChI is InChI=1S/C18H23NO4/c1-18(2,3)23-15(20)10-13-9-14-11-22-17(19(14)16(13)21)12-7-5-4-6-8-12/h4-8,13-14,17H,9-11H2,1-3H3/t13-,14-,17+/m0/s1. The number of nitrogens with zero attached hydrogens (tertiary/aromatic N) is 1. The van der Waals surface area contributed by atoms with Crippen LogP contribution in [0.2, 0.25) is 0 Å². The van der Waals surface area contributed by atoms with Crippen molar-refractivity contribution in [2.24, 2.45) is 5.92 Å². The number of hydrogen-bond donors (Lipinski definition) is 0. The molecule has 0 aromatic heterocycles. The van der Waals surface area contributed by atoms with E-state index in [2.05, 4.69) is 0 Å². The Bertz CT molecular complexity index is 593. The van der Waals surface area contributed by atoms with Gasteiger partial charge in [0.1, 0.15) is 5.60 Å². The zero-order valence-electron chi connectivity index (χ0n) is 13.8. The van der Waals surface area contributed by atoms with Gasteiger partial charge in [-0.15, -0.1) is 0 Å². The molecule has 1 aromatic rings. The molecule has 2 aliphatic rings. The van der Waals surface area contributed by atoms with Crippen molar-refractivity contribution in [2.75, 3.05) is 6.61 Å². The second kappa shape index (κ2) is 5.96. The highest BCUT2D eigenvalue weighted by atomic mass is 16.6. The van der Waals surface area contributed by atoms with E-state index in [1.54, 1.807) is 4.90 Å². The Labute approximate surface area is 136 Å². The normalized spacial score (nSPS) is 27.2. The molecule has 124 valence electrons. The van der Waals surface area contributed by atoms with E-state index in [0.717, 1.165) is 5.56 Å². The van der Waals surface area contributed by atoms with Crippen molar-refractivity contribution in [1.82, 2.24) is 4.90 Å². The summed E-state index contributed by atoms with van der Waals surface area (Å²) >= 11 is 0. The maximum atomic E-state index is 12.7. The van der Waals surface area contributed by atoms with Gasteiger partial charge in [-0.05, 0) is 27.2 Å². The van der Waals surface area contributed by atoms with Gasteiger partial charge in [-0.2, -0.15) is 0 Å². The summed E-state index contributed by atoms with van der Waals surface area (Å²) in [5.74, 6) is -0.619. The molecule has 23 heavy (non-hydrogen) atoms. The van der Waals surface area contributed by atoms with E-state index in [1.165, 1.54) is 0 Å². The molecule has 3 rings (SSSR count). The van der Waals surface area contributed by atoms with Crippen LogP contribution in [0.25, 0.3) is 0 Å². The smallest absolute Gasteiger partial charge is 0.307 e. The Hall–Kier alpha value is -1.88. The molecule has 0 radical (unpaired) electrons. The lowest BCUT2D eigenvalue weighted by atomic mass is 10.0. The van der Waals surface area contributed by atoms with Gasteiger partial charge in [0.05, 0.1) is 25.0 Å². The minimum atomic E-state index is -0.523. The Morgan fingerprint density at radius 1 is 1.30 bits per heavy atom. The second-order valence-electron chi connectivity index (χ2n) is 7.22. The Morgan fingerprint density at radius 3 is 2.65 bits per heavy atom. The van der Waals surface area contributed by atoms with Crippen LogP contribution in [0.3, 0.4) is 0 Å². The van der Waals surface area contributed by atoms with Crippen molar-refractivity contribution in [1.29, 1.82) is 0 Å². The Morgan fingerprint density at radius 2 is 2.00 bits per heavy atom. The van der Waals surface area contributed by atoms with Crippen molar-refractivity contribution >= 4 is 11.9 Å². The van der Waals surface area contributed by atoms with E-state index in [4.69, 9.17) is 9.47 Å². The van der Waals surface area contributed by atoms with Crippen LogP contribution < -0.4 is 0 Å². The fourth-order valence-electron chi connectivity index (χ4n) is 3.30. The van der Waals surface area contributed by atoms with Crippen LogP contribution in [0.4, 0.5) is 0 Å². The summed E-state index contributed by atoms with van der Waals surface area (Å²) in [5, 5.41) is 0. The molecule has 2 heterocycles. The minimum absolute atomic E-state index is 0.00721. The molecule has 1 aromatic carbocycles. The van der Waals surface area contributed by atoms with Gasteiger partial charge < -0.3 is 14.4 Å². The van der Waals surface area contributed by atoms with Gasteiger partial charge in [-0.3, -0.25) is 9.59 Å². The summed E-state index contributed by atoms with van der Waals surface area (Å²) < 4.78 is 11.1. The highest BCUT2D eigenvalue weighted by Gasteiger charge is 2.48. The fourth-order valence-corrected chi connectivity index (χ4v) is 3.30. The van der Waals surface area contributed by atoms with Gasteiger partial charge in [0, 0.05) is 5.56 Å². The lowest BCUT2D eigenvalue weighted by Gasteiger charge is -2.23. The van der Waals surface area contributed by atoms with Gasteiger partial charge in [-0.1, -0.05) is 30.3 Å². The SMILES string of the molecule is CC(C)(C)OC(=O)C[C@@H]1C[C@H]2CO[C@H](c3ccccc3)N2C1=O. The number of amides is 1. The molecule has 0 spiro atoms. The molecule has 0 aliphatic carbocycles. The number of fused-ring (bicyclic) bond motifs is 1. The van der Waals surface area contributed by atoms with Crippen LogP contribution in [0, 0.1) is 5.92 Å². The van der Waals surface area contributed by atoms with E-state index in [1.807, 2.05) is 51.1 Å². The largest absolute Gasteiger partial charge is 0.460 e. The van der Waals surface area contributed by atoms with E-state index in [-0.39, 0.29) is 36.5 Å². The quantitative estimate of drug-likeness (QED) is 0.804. The third-order valence-electron chi connectivity index (χ3n) is 4.17. The molecular weight excluding hydrogens is 294 g/mol. The average Bonchev–Trinajstić information content (AvgIpc) is 3.00. The zero-order valence-corrected chi connectivity index (χ0v) is 13.8. The first-order chi connectivity index (χ1) is 10.8. The first-order valence-electron chi connectivity index (χ1n) is 8.06. The van der Waals surface area contributed by atoms with Crippen molar-refractivity contribution in [2.45, 2.75) is 51.5 Å². The minimum Gasteiger partial charge on any atom is -0.460 e. The average molecular weight is 317 g/mol. The lowest BCUT2D eigenvalue weighted by molar-refractivity contribution is -0.158. The van der Waals surface area contributed by atoms with Gasteiger partial charge >= 0.3 is 5.97 Å². The molecule has 5 nitrogen and oxygen atoms in total. The van der Waals surface area contributed by atoms with Crippen molar-refractivity contribution in [3.63, 3.8) is 0 Å². The van der Waals surface area contributed by atoms with Crippen LogP contribution >= 0.6 is 0 Å². The van der Waals surface area contributed by atoms with E-state index in [0.29, 0.717) is 13.0 Å². The number of benzene rings is 1. The number of esters is 1. The molecule has 1 amide bonds. The number of rotatable bonds is 3. The molecule has 0 unspecified atom stereocenters. The second-order valence-corrected chi connectivity index (χ2v) is 7.22. The van der Waals surface area contributed by atoms with E-state index in [9.17, 15) is 9.59 Å². The number of carbonyl (C=O) groups is 2. The summed E-state index contributed by atoms with van der Waals surface area (Å²) in [7, 11) is 0. The molecular formula is C18H23NO4. The molecule has 0 N–H and O–H groups in total. The highest BCUT2D eigenvalue weighted by molar-refractivity contribution is 5.86. The predicted molar refractivity (Wildman–Crippen MR) is 84.3 cm³/mol. The molecule has 2 aliphatic heterocycles. The number of hydrogen-bond acceptors (Lipinski definition) is 4. The number of carbonyl (C=O) groups excluding carboxylic acids is 2. The van der Waals surface area contributed by atoms with Gasteiger partial charge in [0.2, 0.25) is 5.91 Å². The highest BCUT2D eigenvalue weighted by Crippen LogP contribution is 2.40. The summed E-state index contributed by atoms with van der Waals surface area (Å²) in [4.78, 5) is 26.5. The van der Waals surface area contributed by atoms with Crippen molar-refractivity contribution < 1.29 is 19.1 Å². The van der Waals surface area contributed by atoms with E-state index >= 15 is 0 Å². The molecule has 5 heteroatoms. The lowest BCUT2D eigenvalue weighted by Crippen LogP contribution is -2.33. The van der Waals surface area contributed by atoms with E-state index < -0.39 is 5.60 Å². The van der Waals surface area contributed by atoms with Crippen LogP contribution in [0.15, 0.2) is 30.3 Å². The van der Waals surface area contributed by atoms with Crippen LogP contribution in [0.1, 0.15) is 45.4 Å².